The quantitative estimate of drug-likeness (QED) is 0.467. The number of para-hydroxylation sites is 1. The highest BCUT2D eigenvalue weighted by Gasteiger charge is 2.23. The van der Waals surface area contributed by atoms with Crippen LogP contribution >= 0.6 is 57.2 Å². The fourth-order valence-corrected chi connectivity index (χ4v) is 2.82. The van der Waals surface area contributed by atoms with Gasteiger partial charge in [0.1, 0.15) is 6.10 Å². The van der Waals surface area contributed by atoms with E-state index in [1.54, 1.807) is 29.3 Å². The van der Waals surface area contributed by atoms with E-state index in [9.17, 15) is 5.21 Å². The average Bonchev–Trinajstić information content (AvgIpc) is 2.98. The Morgan fingerprint density at radius 2 is 1.92 bits per heavy atom. The van der Waals surface area contributed by atoms with Crippen LogP contribution in [-0.2, 0) is 4.84 Å². The number of nitrogens with zero attached hydrogens (tertiary/aromatic N) is 3. The molecule has 142 valence electrons. The van der Waals surface area contributed by atoms with Crippen LogP contribution in [0.15, 0.2) is 47.7 Å². The molecule has 1 aromatic heterocycles. The monoisotopic (exact) mass is 526 g/mol. The molecule has 3 rings (SSSR count). The van der Waals surface area contributed by atoms with Crippen LogP contribution in [0.3, 0.4) is 0 Å². The van der Waals surface area contributed by atoms with Crippen molar-refractivity contribution in [2.24, 2.45) is 4.99 Å². The van der Waals surface area contributed by atoms with Gasteiger partial charge in [-0.3, -0.25) is 4.84 Å². The third kappa shape index (κ3) is 5.47. The maximum absolute atomic E-state index is 11.4. The lowest BCUT2D eigenvalue weighted by Crippen LogP contribution is -2.34. The van der Waals surface area contributed by atoms with E-state index in [0.717, 1.165) is 10.3 Å². The Balaban J connectivity index is 0.00000169. The molecular weight excluding hydrogens is 511 g/mol. The zero-order chi connectivity index (χ0) is 17.1. The van der Waals surface area contributed by atoms with Gasteiger partial charge in [0.25, 0.3) is 0 Å². The molecule has 2 aromatic rings. The summed E-state index contributed by atoms with van der Waals surface area (Å²) in [6, 6.07) is 8.79. The second kappa shape index (κ2) is 10.3. The summed E-state index contributed by atoms with van der Waals surface area (Å²) in [5.41, 5.74) is 1.36. The van der Waals surface area contributed by atoms with Gasteiger partial charge in [0.05, 0.1) is 28.8 Å². The number of nitrogens with one attached hydrogen (secondary N) is 1. The summed E-state index contributed by atoms with van der Waals surface area (Å²) in [6.07, 6.45) is 2.61. The van der Waals surface area contributed by atoms with Crippen LogP contribution in [-0.4, -0.2) is 24.1 Å². The molecule has 0 spiro atoms. The molecule has 1 aliphatic rings. The predicted molar refractivity (Wildman–Crippen MR) is 115 cm³/mol. The lowest BCUT2D eigenvalue weighted by atomic mass is 10.2. The molecule has 0 bridgehead atoms. The number of aromatic nitrogens is 1. The minimum absolute atomic E-state index is 0. The molecule has 1 N–H and O–H groups in total. The van der Waals surface area contributed by atoms with Crippen molar-refractivity contribution in [2.45, 2.75) is 13.0 Å². The zero-order valence-electron chi connectivity index (χ0n) is 13.8. The smallest absolute Gasteiger partial charge is 0.223 e. The van der Waals surface area contributed by atoms with E-state index in [2.05, 4.69) is 10.3 Å². The van der Waals surface area contributed by atoms with Crippen molar-refractivity contribution in [1.29, 1.82) is 0 Å². The van der Waals surface area contributed by atoms with E-state index < -0.39 is 0 Å². The molecule has 1 aromatic carbocycles. The fourth-order valence-electron chi connectivity index (χ4n) is 2.33. The first-order chi connectivity index (χ1) is 11.5. The maximum atomic E-state index is 11.4. The summed E-state index contributed by atoms with van der Waals surface area (Å²) in [5, 5.41) is 17.2. The highest BCUT2D eigenvalue weighted by atomic mass is 79.9. The number of benzene rings is 1. The van der Waals surface area contributed by atoms with Crippen LogP contribution in [0.25, 0.3) is 0 Å². The van der Waals surface area contributed by atoms with E-state index in [-0.39, 0.29) is 40.1 Å². The standard InChI is InChI=1S/C16H16Cl2N4O2.2BrH/c1-11(12-4-3-8-21(23)10-12)24-22-9-7-19-16(22)20-15-13(17)5-2-6-14(15)18;;/h2-6,8,10-11H,7,9H2,1H3,(H,19,20);2*1H. The first-order valence-electron chi connectivity index (χ1n) is 7.43. The van der Waals surface area contributed by atoms with Crippen molar-refractivity contribution < 1.29 is 9.57 Å². The Bertz CT molecular complexity index is 759. The van der Waals surface area contributed by atoms with Gasteiger partial charge in [0, 0.05) is 11.6 Å². The van der Waals surface area contributed by atoms with E-state index in [0.29, 0.717) is 34.8 Å². The molecule has 2 heterocycles. The normalized spacial score (nSPS) is 14.1. The number of hydroxylamine groups is 2. The molecule has 0 saturated heterocycles. The molecule has 10 heteroatoms. The Hall–Kier alpha value is -1.06. The van der Waals surface area contributed by atoms with Gasteiger partial charge in [-0.2, -0.15) is 4.73 Å². The van der Waals surface area contributed by atoms with Gasteiger partial charge in [-0.1, -0.05) is 29.3 Å². The minimum Gasteiger partial charge on any atom is -0.619 e. The lowest BCUT2D eigenvalue weighted by molar-refractivity contribution is -0.606. The Morgan fingerprint density at radius 1 is 1.23 bits per heavy atom. The maximum Gasteiger partial charge on any atom is 0.223 e. The summed E-state index contributed by atoms with van der Waals surface area (Å²) in [5.74, 6) is 0.530. The van der Waals surface area contributed by atoms with Crippen LogP contribution in [0.1, 0.15) is 18.6 Å². The number of halogens is 4. The Morgan fingerprint density at radius 3 is 2.58 bits per heavy atom. The van der Waals surface area contributed by atoms with Crippen LogP contribution < -0.4 is 10.0 Å². The van der Waals surface area contributed by atoms with Crippen LogP contribution in [0.5, 0.6) is 0 Å². The van der Waals surface area contributed by atoms with Gasteiger partial charge >= 0.3 is 0 Å². The first-order valence-corrected chi connectivity index (χ1v) is 8.18. The van der Waals surface area contributed by atoms with Gasteiger partial charge < -0.3 is 10.5 Å². The van der Waals surface area contributed by atoms with E-state index in [4.69, 9.17) is 28.0 Å². The van der Waals surface area contributed by atoms with Crippen molar-refractivity contribution in [2.75, 3.05) is 18.4 Å². The average molecular weight is 529 g/mol. The predicted octanol–water partition coefficient (Wildman–Crippen LogP) is 4.56. The number of hydrogen-bond acceptors (Lipinski definition) is 5. The lowest BCUT2D eigenvalue weighted by Gasteiger charge is -2.24. The highest BCUT2D eigenvalue weighted by Crippen LogP contribution is 2.30. The molecule has 1 atom stereocenters. The molecule has 0 fully saturated rings. The van der Waals surface area contributed by atoms with Crippen molar-refractivity contribution in [3.05, 3.63) is 63.5 Å². The molecule has 0 saturated carbocycles. The third-order valence-corrected chi connectivity index (χ3v) is 4.18. The van der Waals surface area contributed by atoms with Crippen molar-refractivity contribution in [3.63, 3.8) is 0 Å². The first kappa shape index (κ1) is 23.0. The molecular formula is C16H18Br2Cl2N4O2. The van der Waals surface area contributed by atoms with Gasteiger partial charge in [-0.25, -0.2) is 10.1 Å². The number of pyridine rings is 1. The van der Waals surface area contributed by atoms with Gasteiger partial charge in [-0.15, -0.1) is 34.0 Å². The highest BCUT2D eigenvalue weighted by molar-refractivity contribution is 8.93. The topological polar surface area (TPSA) is 63.8 Å². The minimum atomic E-state index is -0.307. The molecule has 1 aliphatic heterocycles. The van der Waals surface area contributed by atoms with Crippen molar-refractivity contribution in [3.8, 4) is 0 Å². The summed E-state index contributed by atoms with van der Waals surface area (Å²) >= 11 is 12.4. The van der Waals surface area contributed by atoms with Crippen LogP contribution in [0, 0.1) is 5.21 Å². The SMILES string of the molecule is Br.Br.CC(ON1CCN=C1Nc1c(Cl)cccc1Cl)c1ccc[n+]([O-])c1. The second-order valence-corrected chi connectivity index (χ2v) is 6.09. The molecule has 6 nitrogen and oxygen atoms in total. The van der Waals surface area contributed by atoms with Gasteiger partial charge in [0.15, 0.2) is 12.4 Å². The van der Waals surface area contributed by atoms with E-state index in [1.807, 2.05) is 13.0 Å². The molecule has 0 aliphatic carbocycles. The van der Waals surface area contributed by atoms with Gasteiger partial charge in [-0.05, 0) is 25.1 Å². The van der Waals surface area contributed by atoms with Crippen molar-refractivity contribution >= 4 is 68.8 Å². The number of aliphatic imine (C=N–C) groups is 1. The molecule has 26 heavy (non-hydrogen) atoms. The molecule has 0 radical (unpaired) electrons. The molecule has 0 amide bonds. The molecule has 1 unspecified atom stereocenters. The summed E-state index contributed by atoms with van der Waals surface area (Å²) < 4.78 is 0.746. The van der Waals surface area contributed by atoms with E-state index >= 15 is 0 Å². The summed E-state index contributed by atoms with van der Waals surface area (Å²) in [4.78, 5) is 10.3. The van der Waals surface area contributed by atoms with Gasteiger partial charge in [0.2, 0.25) is 5.96 Å². The Kier molecular flexibility index (Phi) is 9.12. The number of anilines is 1. The Labute approximate surface area is 182 Å². The van der Waals surface area contributed by atoms with Crippen molar-refractivity contribution in [1.82, 2.24) is 5.06 Å². The van der Waals surface area contributed by atoms with Crippen LogP contribution in [0.4, 0.5) is 5.69 Å². The summed E-state index contributed by atoms with van der Waals surface area (Å²) in [6.45, 7) is 3.06. The third-order valence-electron chi connectivity index (χ3n) is 3.55. The number of rotatable bonds is 4. The van der Waals surface area contributed by atoms with Crippen LogP contribution in [0.2, 0.25) is 10.0 Å². The summed E-state index contributed by atoms with van der Waals surface area (Å²) in [7, 11) is 0. The van der Waals surface area contributed by atoms with E-state index in [1.165, 1.54) is 12.4 Å². The zero-order valence-corrected chi connectivity index (χ0v) is 18.7. The number of hydrogen-bond donors (Lipinski definition) is 1. The number of guanidine groups is 1. The largest absolute Gasteiger partial charge is 0.619 e. The fraction of sp³-hybridized carbons (Fsp3) is 0.250. The second-order valence-electron chi connectivity index (χ2n) is 5.27.